The normalized spacial score (nSPS) is 16.9. The van der Waals surface area contributed by atoms with Crippen molar-refractivity contribution in [2.45, 2.75) is 77.3 Å². The number of hydrogen-bond donors (Lipinski definition) is 3. The largest absolute Gasteiger partial charge is 0.495 e. The predicted octanol–water partition coefficient (Wildman–Crippen LogP) is 5.95. The van der Waals surface area contributed by atoms with Crippen molar-refractivity contribution in [3.05, 3.63) is 64.8 Å². The maximum absolute atomic E-state index is 14.0. The lowest BCUT2D eigenvalue weighted by molar-refractivity contribution is -0.137. The Morgan fingerprint density at radius 2 is 1.77 bits per heavy atom. The van der Waals surface area contributed by atoms with Crippen LogP contribution in [0.5, 0.6) is 5.75 Å². The SMILES string of the molecule is COc1cc(C(=O)NC2CCC(N(C)C(C)C)CC2)ccc1Nc1ncc(C(F)(F)F)c(NCc2ccc(C)cc2N(C)S(C)(=O)=O)n1. The quantitative estimate of drug-likeness (QED) is 0.211. The maximum Gasteiger partial charge on any atom is 0.421 e. The summed E-state index contributed by atoms with van der Waals surface area (Å²) in [5.74, 6) is -0.620. The average molecular weight is 692 g/mol. The number of nitrogens with one attached hydrogen (secondary N) is 3. The highest BCUT2D eigenvalue weighted by molar-refractivity contribution is 7.92. The molecule has 3 N–H and O–H groups in total. The van der Waals surface area contributed by atoms with Crippen molar-refractivity contribution in [1.29, 1.82) is 0 Å². The summed E-state index contributed by atoms with van der Waals surface area (Å²) in [6.07, 6.45) is 0.702. The van der Waals surface area contributed by atoms with Crippen LogP contribution < -0.4 is 25.0 Å². The first kappa shape index (κ1) is 36.7. The lowest BCUT2D eigenvalue weighted by Crippen LogP contribution is -2.44. The number of rotatable bonds is 12. The van der Waals surface area contributed by atoms with E-state index < -0.39 is 27.6 Å². The Bertz CT molecular complexity index is 1710. The summed E-state index contributed by atoms with van der Waals surface area (Å²) in [6, 6.07) is 10.8. The highest BCUT2D eigenvalue weighted by atomic mass is 32.2. The highest BCUT2D eigenvalue weighted by Crippen LogP contribution is 2.36. The monoisotopic (exact) mass is 691 g/mol. The van der Waals surface area contributed by atoms with Crippen molar-refractivity contribution >= 4 is 39.1 Å². The number of hydrogen-bond acceptors (Lipinski definition) is 9. The lowest BCUT2D eigenvalue weighted by atomic mass is 9.89. The van der Waals surface area contributed by atoms with Crippen molar-refractivity contribution in [2.24, 2.45) is 0 Å². The zero-order valence-corrected chi connectivity index (χ0v) is 29.1. The molecule has 0 radical (unpaired) electrons. The molecule has 1 aromatic heterocycles. The number of methoxy groups -OCH3 is 1. The maximum atomic E-state index is 14.0. The van der Waals surface area contributed by atoms with Crippen LogP contribution in [-0.2, 0) is 22.7 Å². The standard InChI is InChI=1S/C33H44F3N7O4S/c1-20(2)42(4)25-13-11-24(12-14-25)39-31(44)22-10-15-27(29(17-22)47-6)40-32-38-19-26(33(34,35)36)30(41-32)37-18-23-9-8-21(3)16-28(23)43(5)48(7,45)46/h8-10,15-17,19-20,24-25H,11-14,18H2,1-7H3,(H,39,44)(H2,37,38,40,41). The van der Waals surface area contributed by atoms with Crippen molar-refractivity contribution in [3.8, 4) is 5.75 Å². The molecule has 0 unspecified atom stereocenters. The van der Waals surface area contributed by atoms with Gasteiger partial charge in [0.05, 0.1) is 24.7 Å². The molecule has 1 fully saturated rings. The second kappa shape index (κ2) is 15.0. The molecular formula is C33H44F3N7O4S. The molecule has 1 heterocycles. The number of benzene rings is 2. The summed E-state index contributed by atoms with van der Waals surface area (Å²) in [6.45, 7) is 5.97. The third-order valence-electron chi connectivity index (χ3n) is 8.75. The first-order chi connectivity index (χ1) is 22.5. The van der Waals surface area contributed by atoms with Crippen molar-refractivity contribution in [1.82, 2.24) is 20.2 Å². The fourth-order valence-corrected chi connectivity index (χ4v) is 6.16. The number of anilines is 4. The van der Waals surface area contributed by atoms with E-state index in [4.69, 9.17) is 4.74 Å². The average Bonchev–Trinajstić information content (AvgIpc) is 3.03. The van der Waals surface area contributed by atoms with Crippen molar-refractivity contribution in [2.75, 3.05) is 42.4 Å². The molecule has 1 aliphatic carbocycles. The van der Waals surface area contributed by atoms with Crippen LogP contribution in [0.3, 0.4) is 0 Å². The minimum Gasteiger partial charge on any atom is -0.495 e. The molecule has 1 aliphatic rings. The number of carbonyl (C=O) groups is 1. The molecule has 0 aliphatic heterocycles. The summed E-state index contributed by atoms with van der Waals surface area (Å²) in [5.41, 5.74) is 1.17. The molecular weight excluding hydrogens is 647 g/mol. The van der Waals surface area contributed by atoms with Gasteiger partial charge in [-0.25, -0.2) is 13.4 Å². The van der Waals surface area contributed by atoms with Gasteiger partial charge in [-0.05, 0) is 88.9 Å². The molecule has 0 atom stereocenters. The number of nitrogens with zero attached hydrogens (tertiary/aromatic N) is 4. The van der Waals surface area contributed by atoms with Crippen LogP contribution in [0.15, 0.2) is 42.6 Å². The fraction of sp³-hybridized carbons (Fsp3) is 0.485. The fourth-order valence-electron chi connectivity index (χ4n) is 5.63. The highest BCUT2D eigenvalue weighted by Gasteiger charge is 2.35. The Morgan fingerprint density at radius 3 is 2.38 bits per heavy atom. The minimum absolute atomic E-state index is 0.0624. The second-order valence-corrected chi connectivity index (χ2v) is 14.5. The molecule has 48 heavy (non-hydrogen) atoms. The smallest absolute Gasteiger partial charge is 0.421 e. The number of aromatic nitrogens is 2. The molecule has 4 rings (SSSR count). The minimum atomic E-state index is -4.77. The molecule has 1 saturated carbocycles. The Labute approximate surface area is 280 Å². The Morgan fingerprint density at radius 1 is 1.08 bits per heavy atom. The van der Waals surface area contributed by atoms with Crippen LogP contribution in [-0.4, -0.2) is 74.8 Å². The van der Waals surface area contributed by atoms with Crippen molar-refractivity contribution < 1.29 is 31.1 Å². The van der Waals surface area contributed by atoms with E-state index in [1.54, 1.807) is 43.3 Å². The van der Waals surface area contributed by atoms with E-state index in [0.717, 1.165) is 41.8 Å². The Balaban J connectivity index is 1.51. The number of carbonyl (C=O) groups excluding carboxylic acids is 1. The van der Waals surface area contributed by atoms with E-state index in [1.807, 2.05) is 0 Å². The van der Waals surface area contributed by atoms with Gasteiger partial charge in [0.1, 0.15) is 17.1 Å². The van der Waals surface area contributed by atoms with E-state index in [0.29, 0.717) is 40.8 Å². The van der Waals surface area contributed by atoms with Crippen LogP contribution in [0.25, 0.3) is 0 Å². The zero-order chi connectivity index (χ0) is 35.4. The molecule has 2 aromatic carbocycles. The summed E-state index contributed by atoms with van der Waals surface area (Å²) in [5, 5.41) is 8.72. The van der Waals surface area contributed by atoms with Gasteiger partial charge in [-0.3, -0.25) is 9.10 Å². The van der Waals surface area contributed by atoms with Gasteiger partial charge in [0, 0.05) is 43.5 Å². The number of ether oxygens (including phenoxy) is 1. The van der Waals surface area contributed by atoms with Crippen LogP contribution in [0.1, 0.15) is 66.6 Å². The number of sulfonamides is 1. The van der Waals surface area contributed by atoms with E-state index in [2.05, 4.69) is 51.7 Å². The van der Waals surface area contributed by atoms with E-state index in [9.17, 15) is 26.4 Å². The molecule has 0 bridgehead atoms. The molecule has 15 heteroatoms. The number of alkyl halides is 3. The number of halogens is 3. The van der Waals surface area contributed by atoms with Crippen LogP contribution in [0.2, 0.25) is 0 Å². The summed E-state index contributed by atoms with van der Waals surface area (Å²) in [4.78, 5) is 23.5. The van der Waals surface area contributed by atoms with Gasteiger partial charge in [0.25, 0.3) is 5.91 Å². The Hall–Kier alpha value is -4.11. The van der Waals surface area contributed by atoms with Crippen LogP contribution in [0, 0.1) is 6.92 Å². The first-order valence-electron chi connectivity index (χ1n) is 15.7. The van der Waals surface area contributed by atoms with Crippen molar-refractivity contribution in [3.63, 3.8) is 0 Å². The van der Waals surface area contributed by atoms with Gasteiger partial charge in [-0.2, -0.15) is 18.2 Å². The van der Waals surface area contributed by atoms with Gasteiger partial charge in [0.15, 0.2) is 0 Å². The predicted molar refractivity (Wildman–Crippen MR) is 181 cm³/mol. The number of amides is 1. The molecule has 11 nitrogen and oxygen atoms in total. The van der Waals surface area contributed by atoms with Gasteiger partial charge < -0.3 is 25.6 Å². The third-order valence-corrected chi connectivity index (χ3v) is 9.94. The lowest BCUT2D eigenvalue weighted by Gasteiger charge is -2.37. The summed E-state index contributed by atoms with van der Waals surface area (Å²) >= 11 is 0. The molecule has 1 amide bonds. The zero-order valence-electron chi connectivity index (χ0n) is 28.3. The first-order valence-corrected chi connectivity index (χ1v) is 17.5. The number of aryl methyl sites for hydroxylation is 1. The second-order valence-electron chi connectivity index (χ2n) is 12.4. The van der Waals surface area contributed by atoms with Gasteiger partial charge >= 0.3 is 6.18 Å². The van der Waals surface area contributed by atoms with Gasteiger partial charge in [0.2, 0.25) is 16.0 Å². The summed E-state index contributed by atoms with van der Waals surface area (Å²) in [7, 11) is 1.30. The molecule has 3 aromatic rings. The summed E-state index contributed by atoms with van der Waals surface area (Å²) < 4.78 is 72.9. The van der Waals surface area contributed by atoms with Gasteiger partial charge in [-0.1, -0.05) is 12.1 Å². The van der Waals surface area contributed by atoms with E-state index >= 15 is 0 Å². The topological polar surface area (TPSA) is 129 Å². The van der Waals surface area contributed by atoms with Crippen LogP contribution >= 0.6 is 0 Å². The van der Waals surface area contributed by atoms with E-state index in [-0.39, 0.29) is 30.2 Å². The Kier molecular flexibility index (Phi) is 11.5. The molecule has 0 spiro atoms. The van der Waals surface area contributed by atoms with Crippen LogP contribution in [0.4, 0.5) is 36.3 Å². The third kappa shape index (κ3) is 9.07. The van der Waals surface area contributed by atoms with E-state index in [1.165, 1.54) is 14.2 Å². The molecule has 0 saturated heterocycles. The van der Waals surface area contributed by atoms with Gasteiger partial charge in [-0.15, -0.1) is 0 Å². The molecule has 262 valence electrons.